The normalized spacial score (nSPS) is 12.3. The van der Waals surface area contributed by atoms with Gasteiger partial charge in [0.1, 0.15) is 11.8 Å². The van der Waals surface area contributed by atoms with Crippen LogP contribution in [0.5, 0.6) is 0 Å². The molecule has 8 heteroatoms. The summed E-state index contributed by atoms with van der Waals surface area (Å²) in [5.41, 5.74) is 0. The van der Waals surface area contributed by atoms with E-state index in [4.69, 9.17) is 14.6 Å². The fourth-order valence-electron chi connectivity index (χ4n) is 1.17. The molecule has 3 N–H and O–H groups in total. The van der Waals surface area contributed by atoms with Crippen LogP contribution in [0.15, 0.2) is 27.3 Å². The van der Waals surface area contributed by atoms with Crippen molar-refractivity contribution in [3.63, 3.8) is 0 Å². The van der Waals surface area contributed by atoms with Crippen molar-refractivity contribution in [2.75, 3.05) is 0 Å². The lowest BCUT2D eigenvalue weighted by molar-refractivity contribution is -0.146. The Morgan fingerprint density at radius 2 is 2.05 bits per heavy atom. The predicted octanol–water partition coefficient (Wildman–Crippen LogP) is 1.10. The number of furan rings is 1. The van der Waals surface area contributed by atoms with E-state index < -0.39 is 30.3 Å². The van der Waals surface area contributed by atoms with Gasteiger partial charge in [-0.3, -0.25) is 9.59 Å². The highest BCUT2D eigenvalue weighted by molar-refractivity contribution is 9.10. The summed E-state index contributed by atoms with van der Waals surface area (Å²) in [6, 6.07) is 1.75. The SMILES string of the molecule is O=C(O)C[C@H](NC(=O)/C=C/c1ccc(Br)o1)C(=O)O. The maximum absolute atomic E-state index is 11.4. The van der Waals surface area contributed by atoms with Crippen LogP contribution in [0.4, 0.5) is 0 Å². The van der Waals surface area contributed by atoms with Gasteiger partial charge in [-0.25, -0.2) is 4.79 Å². The van der Waals surface area contributed by atoms with E-state index in [0.717, 1.165) is 6.08 Å². The van der Waals surface area contributed by atoms with Crippen molar-refractivity contribution in [2.45, 2.75) is 12.5 Å². The van der Waals surface area contributed by atoms with Crippen molar-refractivity contribution >= 4 is 39.9 Å². The summed E-state index contributed by atoms with van der Waals surface area (Å²) < 4.78 is 5.58. The third kappa shape index (κ3) is 5.38. The minimum atomic E-state index is -1.47. The average molecular weight is 332 g/mol. The van der Waals surface area contributed by atoms with Crippen LogP contribution in [0.1, 0.15) is 12.2 Å². The first-order valence-electron chi connectivity index (χ1n) is 5.07. The number of aliphatic carboxylic acids is 2. The first kappa shape index (κ1) is 15.0. The van der Waals surface area contributed by atoms with Crippen LogP contribution in [-0.2, 0) is 14.4 Å². The average Bonchev–Trinajstić information content (AvgIpc) is 2.71. The standard InChI is InChI=1S/C11H10BrNO6/c12-8-3-1-6(19-8)2-4-9(14)13-7(11(17)18)5-10(15)16/h1-4,7H,5H2,(H,13,14)(H,15,16)(H,17,18)/b4-2+/t7-/m0/s1. The van der Waals surface area contributed by atoms with Crippen molar-refractivity contribution in [3.8, 4) is 0 Å². The van der Waals surface area contributed by atoms with Gasteiger partial charge < -0.3 is 19.9 Å². The van der Waals surface area contributed by atoms with E-state index in [2.05, 4.69) is 21.2 Å². The minimum Gasteiger partial charge on any atom is -0.481 e. The molecule has 0 bridgehead atoms. The van der Waals surface area contributed by atoms with E-state index in [1.54, 1.807) is 12.1 Å². The van der Waals surface area contributed by atoms with Gasteiger partial charge in [-0.2, -0.15) is 0 Å². The monoisotopic (exact) mass is 331 g/mol. The highest BCUT2D eigenvalue weighted by Gasteiger charge is 2.21. The Morgan fingerprint density at radius 3 is 2.53 bits per heavy atom. The first-order valence-corrected chi connectivity index (χ1v) is 5.86. The Morgan fingerprint density at radius 1 is 1.37 bits per heavy atom. The summed E-state index contributed by atoms with van der Waals surface area (Å²) in [6.07, 6.45) is 1.70. The molecule has 1 aromatic heterocycles. The van der Waals surface area contributed by atoms with E-state index in [9.17, 15) is 14.4 Å². The van der Waals surface area contributed by atoms with Gasteiger partial charge in [-0.15, -0.1) is 0 Å². The predicted molar refractivity (Wildman–Crippen MR) is 67.3 cm³/mol. The fourth-order valence-corrected chi connectivity index (χ4v) is 1.49. The highest BCUT2D eigenvalue weighted by Crippen LogP contribution is 2.14. The lowest BCUT2D eigenvalue weighted by atomic mass is 10.2. The number of nitrogens with one attached hydrogen (secondary N) is 1. The Labute approximate surface area is 116 Å². The van der Waals surface area contributed by atoms with Crippen LogP contribution in [-0.4, -0.2) is 34.1 Å². The quantitative estimate of drug-likeness (QED) is 0.672. The molecule has 102 valence electrons. The molecule has 0 spiro atoms. The number of amides is 1. The largest absolute Gasteiger partial charge is 0.481 e. The van der Waals surface area contributed by atoms with Gasteiger partial charge in [0, 0.05) is 6.08 Å². The van der Waals surface area contributed by atoms with Crippen molar-refractivity contribution in [3.05, 3.63) is 28.6 Å². The molecular formula is C11H10BrNO6. The van der Waals surface area contributed by atoms with Crippen LogP contribution in [0.2, 0.25) is 0 Å². The summed E-state index contributed by atoms with van der Waals surface area (Å²) in [4.78, 5) is 32.6. The Hall–Kier alpha value is -2.09. The van der Waals surface area contributed by atoms with E-state index in [0.29, 0.717) is 10.4 Å². The number of carbonyl (C=O) groups is 3. The van der Waals surface area contributed by atoms with Gasteiger partial charge in [-0.1, -0.05) is 0 Å². The number of carboxylic acids is 2. The number of hydrogen-bond acceptors (Lipinski definition) is 4. The minimum absolute atomic E-state index is 0.395. The maximum atomic E-state index is 11.4. The molecule has 19 heavy (non-hydrogen) atoms. The zero-order chi connectivity index (χ0) is 14.4. The van der Waals surface area contributed by atoms with Crippen LogP contribution < -0.4 is 5.32 Å². The molecule has 0 unspecified atom stereocenters. The molecule has 0 radical (unpaired) electrons. The fraction of sp³-hybridized carbons (Fsp3) is 0.182. The van der Waals surface area contributed by atoms with Crippen molar-refractivity contribution < 1.29 is 29.0 Å². The smallest absolute Gasteiger partial charge is 0.326 e. The van der Waals surface area contributed by atoms with Gasteiger partial charge in [0.25, 0.3) is 0 Å². The molecule has 0 fully saturated rings. The van der Waals surface area contributed by atoms with Gasteiger partial charge in [0.15, 0.2) is 4.67 Å². The third-order valence-electron chi connectivity index (χ3n) is 1.99. The van der Waals surface area contributed by atoms with E-state index >= 15 is 0 Å². The number of carboxylic acid groups (broad SMARTS) is 2. The number of carbonyl (C=O) groups excluding carboxylic acids is 1. The molecule has 0 aliphatic rings. The van der Waals surface area contributed by atoms with Crippen LogP contribution >= 0.6 is 15.9 Å². The maximum Gasteiger partial charge on any atom is 0.326 e. The zero-order valence-electron chi connectivity index (χ0n) is 9.50. The molecular weight excluding hydrogens is 322 g/mol. The number of rotatable bonds is 6. The molecule has 7 nitrogen and oxygen atoms in total. The second-order valence-corrected chi connectivity index (χ2v) is 4.25. The Bertz CT molecular complexity index is 521. The first-order chi connectivity index (χ1) is 8.88. The lowest BCUT2D eigenvalue weighted by Gasteiger charge is -2.10. The zero-order valence-corrected chi connectivity index (χ0v) is 11.1. The van der Waals surface area contributed by atoms with Crippen molar-refractivity contribution in [1.82, 2.24) is 5.32 Å². The molecule has 0 saturated carbocycles. The molecule has 0 aromatic carbocycles. The summed E-state index contributed by atoms with van der Waals surface area (Å²) in [6.45, 7) is 0. The molecule has 1 amide bonds. The van der Waals surface area contributed by atoms with Gasteiger partial charge in [0.05, 0.1) is 6.42 Å². The molecule has 1 atom stereocenters. The number of halogens is 1. The summed E-state index contributed by atoms with van der Waals surface area (Å²) in [5, 5.41) is 19.3. The molecule has 0 aliphatic heterocycles. The van der Waals surface area contributed by atoms with E-state index in [1.165, 1.54) is 6.08 Å². The molecule has 0 aliphatic carbocycles. The summed E-state index contributed by atoms with van der Waals surface area (Å²) >= 11 is 3.08. The Kier molecular flexibility index (Phi) is 5.31. The second kappa shape index (κ2) is 6.74. The van der Waals surface area contributed by atoms with E-state index in [-0.39, 0.29) is 0 Å². The van der Waals surface area contributed by atoms with Crippen molar-refractivity contribution in [1.29, 1.82) is 0 Å². The highest BCUT2D eigenvalue weighted by atomic mass is 79.9. The second-order valence-electron chi connectivity index (χ2n) is 3.47. The summed E-state index contributed by atoms with van der Waals surface area (Å²) in [7, 11) is 0. The molecule has 1 aromatic rings. The third-order valence-corrected chi connectivity index (χ3v) is 2.41. The van der Waals surface area contributed by atoms with Gasteiger partial charge in [-0.05, 0) is 34.1 Å². The molecule has 1 heterocycles. The van der Waals surface area contributed by atoms with Crippen LogP contribution in [0.3, 0.4) is 0 Å². The Balaban J connectivity index is 2.60. The van der Waals surface area contributed by atoms with Crippen LogP contribution in [0.25, 0.3) is 6.08 Å². The van der Waals surface area contributed by atoms with Gasteiger partial charge in [0.2, 0.25) is 5.91 Å². The number of hydrogen-bond donors (Lipinski definition) is 3. The van der Waals surface area contributed by atoms with Crippen molar-refractivity contribution in [2.24, 2.45) is 0 Å². The topological polar surface area (TPSA) is 117 Å². The van der Waals surface area contributed by atoms with Gasteiger partial charge >= 0.3 is 11.9 Å². The van der Waals surface area contributed by atoms with Crippen LogP contribution in [0, 0.1) is 0 Å². The summed E-state index contributed by atoms with van der Waals surface area (Å²) in [5.74, 6) is -3.05. The molecule has 0 saturated heterocycles. The van der Waals surface area contributed by atoms with E-state index in [1.807, 2.05) is 0 Å². The lowest BCUT2D eigenvalue weighted by Crippen LogP contribution is -2.41. The molecule has 1 rings (SSSR count).